The number of nitrogens with zero attached hydrogens (tertiary/aromatic N) is 2. The Labute approximate surface area is 151 Å². The lowest BCUT2D eigenvalue weighted by molar-refractivity contribution is -0.126. The van der Waals surface area contributed by atoms with Gasteiger partial charge in [0.15, 0.2) is 0 Å². The van der Waals surface area contributed by atoms with Crippen molar-refractivity contribution < 1.29 is 9.59 Å². The zero-order valence-electron chi connectivity index (χ0n) is 13.6. The summed E-state index contributed by atoms with van der Waals surface area (Å²) < 4.78 is 0. The Kier molecular flexibility index (Phi) is 5.33. The molecule has 1 aliphatic carbocycles. The van der Waals surface area contributed by atoms with Gasteiger partial charge in [0.2, 0.25) is 5.91 Å². The SMILES string of the molecule is CC(C(=O)NC1CC1)N1CCN(C(=O)c2ccc(Cl)cc2Cl)CC1. The van der Waals surface area contributed by atoms with Crippen LogP contribution in [0.2, 0.25) is 10.0 Å². The number of benzene rings is 1. The molecule has 1 heterocycles. The van der Waals surface area contributed by atoms with Gasteiger partial charge in [0.1, 0.15) is 0 Å². The Bertz CT molecular complexity index is 641. The largest absolute Gasteiger partial charge is 0.352 e. The predicted octanol–water partition coefficient (Wildman–Crippen LogP) is 2.42. The van der Waals surface area contributed by atoms with Crippen LogP contribution in [0.5, 0.6) is 0 Å². The number of hydrogen-bond donors (Lipinski definition) is 1. The van der Waals surface area contributed by atoms with E-state index in [4.69, 9.17) is 23.2 Å². The third-order valence-electron chi connectivity index (χ3n) is 4.61. The number of nitrogens with one attached hydrogen (secondary N) is 1. The van der Waals surface area contributed by atoms with E-state index in [2.05, 4.69) is 10.2 Å². The molecular weight excluding hydrogens is 349 g/mol. The van der Waals surface area contributed by atoms with E-state index in [1.165, 1.54) is 0 Å². The van der Waals surface area contributed by atoms with Crippen LogP contribution in [0.4, 0.5) is 0 Å². The molecule has 0 bridgehead atoms. The van der Waals surface area contributed by atoms with Gasteiger partial charge in [-0.2, -0.15) is 0 Å². The molecular formula is C17H21Cl2N3O2. The maximum absolute atomic E-state index is 12.6. The number of hydrogen-bond acceptors (Lipinski definition) is 3. The van der Waals surface area contributed by atoms with Crippen molar-refractivity contribution in [3.63, 3.8) is 0 Å². The van der Waals surface area contributed by atoms with Gasteiger partial charge < -0.3 is 10.2 Å². The molecule has 2 aliphatic rings. The maximum Gasteiger partial charge on any atom is 0.255 e. The summed E-state index contributed by atoms with van der Waals surface area (Å²) >= 11 is 12.0. The van der Waals surface area contributed by atoms with Gasteiger partial charge in [-0.05, 0) is 38.0 Å². The van der Waals surface area contributed by atoms with E-state index < -0.39 is 0 Å². The molecule has 3 rings (SSSR count). The lowest BCUT2D eigenvalue weighted by Crippen LogP contribution is -2.55. The molecule has 1 aliphatic heterocycles. The van der Waals surface area contributed by atoms with Crippen molar-refractivity contribution in [2.24, 2.45) is 0 Å². The monoisotopic (exact) mass is 369 g/mol. The molecule has 1 atom stereocenters. The molecule has 0 radical (unpaired) electrons. The second-order valence-electron chi connectivity index (χ2n) is 6.41. The molecule has 24 heavy (non-hydrogen) atoms. The second-order valence-corrected chi connectivity index (χ2v) is 7.25. The fourth-order valence-electron chi connectivity index (χ4n) is 2.86. The van der Waals surface area contributed by atoms with Gasteiger partial charge in [0.05, 0.1) is 16.6 Å². The van der Waals surface area contributed by atoms with Crippen molar-refractivity contribution >= 4 is 35.0 Å². The molecule has 1 aromatic rings. The first-order valence-electron chi connectivity index (χ1n) is 8.24. The maximum atomic E-state index is 12.6. The molecule has 0 spiro atoms. The van der Waals surface area contributed by atoms with Gasteiger partial charge in [-0.3, -0.25) is 14.5 Å². The van der Waals surface area contributed by atoms with Gasteiger partial charge in [0, 0.05) is 37.2 Å². The van der Waals surface area contributed by atoms with Crippen molar-refractivity contribution in [2.75, 3.05) is 26.2 Å². The molecule has 0 aromatic heterocycles. The van der Waals surface area contributed by atoms with Crippen LogP contribution in [0.25, 0.3) is 0 Å². The van der Waals surface area contributed by atoms with Gasteiger partial charge >= 0.3 is 0 Å². The molecule has 7 heteroatoms. The Morgan fingerprint density at radius 3 is 2.42 bits per heavy atom. The van der Waals surface area contributed by atoms with Crippen LogP contribution in [0.3, 0.4) is 0 Å². The van der Waals surface area contributed by atoms with Crippen molar-refractivity contribution in [3.8, 4) is 0 Å². The van der Waals surface area contributed by atoms with Gasteiger partial charge in [-0.1, -0.05) is 23.2 Å². The summed E-state index contributed by atoms with van der Waals surface area (Å²) in [5, 5.41) is 3.91. The van der Waals surface area contributed by atoms with Crippen LogP contribution in [0.1, 0.15) is 30.1 Å². The number of carbonyl (C=O) groups is 2. The van der Waals surface area contributed by atoms with E-state index in [1.807, 2.05) is 6.92 Å². The van der Waals surface area contributed by atoms with Crippen molar-refractivity contribution in [1.82, 2.24) is 15.1 Å². The predicted molar refractivity (Wildman–Crippen MR) is 94.6 cm³/mol. The number of amides is 2. The average molecular weight is 370 g/mol. The first kappa shape index (κ1) is 17.5. The van der Waals surface area contributed by atoms with Crippen LogP contribution < -0.4 is 5.32 Å². The Morgan fingerprint density at radius 2 is 1.83 bits per heavy atom. The molecule has 1 aromatic carbocycles. The summed E-state index contributed by atoms with van der Waals surface area (Å²) in [5.41, 5.74) is 0.467. The van der Waals surface area contributed by atoms with Crippen LogP contribution in [-0.4, -0.2) is 59.9 Å². The minimum absolute atomic E-state index is 0.0815. The van der Waals surface area contributed by atoms with Crippen molar-refractivity contribution in [2.45, 2.75) is 31.8 Å². The Hall–Kier alpha value is -1.30. The second kappa shape index (κ2) is 7.30. The van der Waals surface area contributed by atoms with E-state index in [9.17, 15) is 9.59 Å². The lowest BCUT2D eigenvalue weighted by atomic mass is 10.1. The third kappa shape index (κ3) is 4.02. The summed E-state index contributed by atoms with van der Waals surface area (Å²) in [6, 6.07) is 5.11. The summed E-state index contributed by atoms with van der Waals surface area (Å²) in [6.07, 6.45) is 2.17. The molecule has 1 saturated heterocycles. The highest BCUT2D eigenvalue weighted by Crippen LogP contribution is 2.23. The molecule has 2 fully saturated rings. The van der Waals surface area contributed by atoms with Crippen LogP contribution >= 0.6 is 23.2 Å². The highest BCUT2D eigenvalue weighted by atomic mass is 35.5. The molecule has 130 valence electrons. The average Bonchev–Trinajstić information content (AvgIpc) is 3.37. The quantitative estimate of drug-likeness (QED) is 0.886. The standard InChI is InChI=1S/C17H21Cl2N3O2/c1-11(16(23)20-13-3-4-13)21-6-8-22(9-7-21)17(24)14-5-2-12(18)10-15(14)19/h2,5,10-11,13H,3-4,6-9H2,1H3,(H,20,23). The Morgan fingerprint density at radius 1 is 1.17 bits per heavy atom. The van der Waals surface area contributed by atoms with Crippen molar-refractivity contribution in [3.05, 3.63) is 33.8 Å². The zero-order chi connectivity index (χ0) is 17.3. The summed E-state index contributed by atoms with van der Waals surface area (Å²) in [6.45, 7) is 4.44. The third-order valence-corrected chi connectivity index (χ3v) is 5.16. The highest BCUT2D eigenvalue weighted by molar-refractivity contribution is 6.36. The normalized spacial score (nSPS) is 19.9. The van der Waals surface area contributed by atoms with Crippen LogP contribution in [-0.2, 0) is 4.79 Å². The van der Waals surface area contributed by atoms with Crippen molar-refractivity contribution in [1.29, 1.82) is 0 Å². The number of rotatable bonds is 4. The first-order chi connectivity index (χ1) is 11.5. The first-order valence-corrected chi connectivity index (χ1v) is 9.00. The van der Waals surface area contributed by atoms with Gasteiger partial charge in [-0.15, -0.1) is 0 Å². The smallest absolute Gasteiger partial charge is 0.255 e. The Balaban J connectivity index is 1.56. The fraction of sp³-hybridized carbons (Fsp3) is 0.529. The fourth-order valence-corrected chi connectivity index (χ4v) is 3.35. The minimum Gasteiger partial charge on any atom is -0.352 e. The lowest BCUT2D eigenvalue weighted by Gasteiger charge is -2.37. The summed E-state index contributed by atoms with van der Waals surface area (Å²) in [7, 11) is 0. The number of halogens is 2. The highest BCUT2D eigenvalue weighted by Gasteiger charge is 2.31. The molecule has 1 unspecified atom stereocenters. The van der Waals surface area contributed by atoms with E-state index in [0.717, 1.165) is 12.8 Å². The molecule has 5 nitrogen and oxygen atoms in total. The van der Waals surface area contributed by atoms with Gasteiger partial charge in [-0.25, -0.2) is 0 Å². The van der Waals surface area contributed by atoms with E-state index in [-0.39, 0.29) is 17.9 Å². The molecule has 2 amide bonds. The van der Waals surface area contributed by atoms with E-state index in [1.54, 1.807) is 23.1 Å². The van der Waals surface area contributed by atoms with E-state index >= 15 is 0 Å². The number of carbonyl (C=O) groups excluding carboxylic acids is 2. The van der Waals surface area contributed by atoms with E-state index in [0.29, 0.717) is 47.8 Å². The summed E-state index contributed by atoms with van der Waals surface area (Å²) in [4.78, 5) is 28.6. The summed E-state index contributed by atoms with van der Waals surface area (Å²) in [5.74, 6) is -0.00979. The zero-order valence-corrected chi connectivity index (χ0v) is 15.1. The molecule has 1 saturated carbocycles. The topological polar surface area (TPSA) is 52.7 Å². The van der Waals surface area contributed by atoms with Gasteiger partial charge in [0.25, 0.3) is 5.91 Å². The minimum atomic E-state index is -0.165. The van der Waals surface area contributed by atoms with Crippen LogP contribution in [0, 0.1) is 0 Å². The number of piperazine rings is 1. The van der Waals surface area contributed by atoms with Crippen LogP contribution in [0.15, 0.2) is 18.2 Å². The molecule has 1 N–H and O–H groups in total.